The Kier molecular flexibility index (Phi) is 3.85. The molecule has 1 aromatic rings. The maximum Gasteiger partial charge on any atom is 0.131 e. The van der Waals surface area contributed by atoms with Crippen LogP contribution in [0.2, 0.25) is 0 Å². The largest absolute Gasteiger partial charge is 0.496 e. The number of hydrazone groups is 1. The predicted octanol–water partition coefficient (Wildman–Crippen LogP) is 1.58. The second-order valence-corrected chi connectivity index (χ2v) is 3.05. The molecule has 0 saturated carbocycles. The first-order valence-corrected chi connectivity index (χ1v) is 4.63. The number of benzene rings is 1. The molecule has 2 N–H and O–H groups in total. The molecule has 0 spiro atoms. The Bertz CT molecular complexity index is 385. The number of nitrogens with one attached hydrogen (secondary N) is 2. The number of hydrogen-bond donors (Lipinski definition) is 2. The zero-order valence-corrected chi connectivity index (χ0v) is 9.16. The van der Waals surface area contributed by atoms with Crippen LogP contribution in [0.1, 0.15) is 11.1 Å². The van der Waals surface area contributed by atoms with Crippen molar-refractivity contribution in [2.45, 2.75) is 6.92 Å². The molecule has 0 aliphatic rings. The molecule has 0 aliphatic carbocycles. The van der Waals surface area contributed by atoms with Gasteiger partial charge in [0.1, 0.15) is 5.75 Å². The normalized spacial score (nSPS) is 10.3. The van der Waals surface area contributed by atoms with Crippen molar-refractivity contribution in [3.63, 3.8) is 0 Å². The fourth-order valence-electron chi connectivity index (χ4n) is 1.33. The number of ether oxygens (including phenoxy) is 1. The van der Waals surface area contributed by atoms with Gasteiger partial charge in [-0.2, -0.15) is 5.10 Å². The van der Waals surface area contributed by atoms with Gasteiger partial charge in [0.05, 0.1) is 19.0 Å². The van der Waals surface area contributed by atoms with Crippen LogP contribution in [0.4, 0.5) is 0 Å². The van der Waals surface area contributed by atoms with Crippen LogP contribution in [0.25, 0.3) is 0 Å². The molecule has 0 amide bonds. The van der Waals surface area contributed by atoms with Crippen LogP contribution in [0, 0.1) is 12.3 Å². The molecule has 0 atom stereocenters. The second-order valence-electron chi connectivity index (χ2n) is 3.05. The van der Waals surface area contributed by atoms with Gasteiger partial charge in [0.15, 0.2) is 0 Å². The van der Waals surface area contributed by atoms with E-state index in [4.69, 9.17) is 10.1 Å². The predicted molar refractivity (Wildman–Crippen MR) is 62.1 cm³/mol. The maximum atomic E-state index is 7.80. The van der Waals surface area contributed by atoms with Crippen molar-refractivity contribution in [3.05, 3.63) is 29.3 Å². The summed E-state index contributed by atoms with van der Waals surface area (Å²) in [6, 6.07) is 5.69. The molecule has 0 heterocycles. The van der Waals surface area contributed by atoms with Gasteiger partial charge in [-0.1, -0.05) is 12.1 Å². The van der Waals surface area contributed by atoms with Crippen LogP contribution in [-0.4, -0.2) is 26.1 Å². The Morgan fingerprint density at radius 1 is 1.53 bits per heavy atom. The van der Waals surface area contributed by atoms with Gasteiger partial charge >= 0.3 is 0 Å². The molecule has 80 valence electrons. The van der Waals surface area contributed by atoms with E-state index in [1.54, 1.807) is 14.2 Å². The van der Waals surface area contributed by atoms with Crippen molar-refractivity contribution in [3.8, 4) is 5.75 Å². The third-order valence-corrected chi connectivity index (χ3v) is 2.03. The lowest BCUT2D eigenvalue weighted by Gasteiger charge is -2.09. The van der Waals surface area contributed by atoms with Gasteiger partial charge in [0.25, 0.3) is 0 Å². The zero-order valence-electron chi connectivity index (χ0n) is 9.16. The van der Waals surface area contributed by atoms with E-state index in [1.807, 2.05) is 25.1 Å². The monoisotopic (exact) mass is 205 g/mol. The van der Waals surface area contributed by atoms with Gasteiger partial charge in [0.2, 0.25) is 0 Å². The highest BCUT2D eigenvalue weighted by Gasteiger charge is 2.08. The van der Waals surface area contributed by atoms with Gasteiger partial charge < -0.3 is 10.2 Å². The molecular formula is C11H15N3O. The van der Waals surface area contributed by atoms with E-state index in [1.165, 1.54) is 6.21 Å². The summed E-state index contributed by atoms with van der Waals surface area (Å²) in [5.74, 6) is 0.727. The minimum absolute atomic E-state index is 0.324. The van der Waals surface area contributed by atoms with Gasteiger partial charge in [-0.05, 0) is 18.6 Å². The fourth-order valence-corrected chi connectivity index (χ4v) is 1.33. The molecule has 0 unspecified atom stereocenters. The lowest BCUT2D eigenvalue weighted by Crippen LogP contribution is -2.07. The number of hydrogen-bond acceptors (Lipinski definition) is 4. The lowest BCUT2D eigenvalue weighted by molar-refractivity contribution is 0.411. The second kappa shape index (κ2) is 5.14. The van der Waals surface area contributed by atoms with Crippen LogP contribution in [0.5, 0.6) is 5.75 Å². The average molecular weight is 205 g/mol. The van der Waals surface area contributed by atoms with E-state index < -0.39 is 0 Å². The summed E-state index contributed by atoms with van der Waals surface area (Å²) >= 11 is 0. The first kappa shape index (κ1) is 11.2. The molecule has 15 heavy (non-hydrogen) atoms. The van der Waals surface area contributed by atoms with Crippen molar-refractivity contribution in [1.29, 1.82) is 5.41 Å². The standard InChI is InChI=1S/C11H15N3O/c1-8-5-4-6-9(11(8)15-3)10(12)7-14-13-2/h4-7,12-13H,1-3H3/b12-10?,14-7-. The molecule has 1 aromatic carbocycles. The summed E-state index contributed by atoms with van der Waals surface area (Å²) in [5.41, 5.74) is 4.69. The first-order valence-electron chi connectivity index (χ1n) is 4.63. The molecular weight excluding hydrogens is 190 g/mol. The summed E-state index contributed by atoms with van der Waals surface area (Å²) in [6.45, 7) is 1.95. The van der Waals surface area contributed by atoms with Crippen LogP contribution in [0.15, 0.2) is 23.3 Å². The first-order chi connectivity index (χ1) is 7.20. The Morgan fingerprint density at radius 3 is 2.87 bits per heavy atom. The van der Waals surface area contributed by atoms with E-state index in [0.717, 1.165) is 16.9 Å². The molecule has 0 saturated heterocycles. The van der Waals surface area contributed by atoms with Crippen molar-refractivity contribution in [1.82, 2.24) is 5.43 Å². The van der Waals surface area contributed by atoms with Gasteiger partial charge in [-0.3, -0.25) is 5.41 Å². The third-order valence-electron chi connectivity index (χ3n) is 2.03. The molecule has 1 rings (SSSR count). The van der Waals surface area contributed by atoms with Gasteiger partial charge in [-0.15, -0.1) is 0 Å². The highest BCUT2D eigenvalue weighted by atomic mass is 16.5. The topological polar surface area (TPSA) is 57.5 Å². The van der Waals surface area contributed by atoms with E-state index in [0.29, 0.717) is 5.71 Å². The van der Waals surface area contributed by atoms with Gasteiger partial charge in [-0.25, -0.2) is 0 Å². The summed E-state index contributed by atoms with van der Waals surface area (Å²) in [5, 5.41) is 11.6. The highest BCUT2D eigenvalue weighted by Crippen LogP contribution is 2.22. The molecule has 0 bridgehead atoms. The summed E-state index contributed by atoms with van der Waals surface area (Å²) in [6.07, 6.45) is 1.46. The zero-order chi connectivity index (χ0) is 11.3. The van der Waals surface area contributed by atoms with Crippen LogP contribution >= 0.6 is 0 Å². The lowest BCUT2D eigenvalue weighted by atomic mass is 10.1. The maximum absolute atomic E-state index is 7.80. The molecule has 0 aliphatic heterocycles. The summed E-state index contributed by atoms with van der Waals surface area (Å²) in [7, 11) is 3.30. The van der Waals surface area contributed by atoms with Crippen LogP contribution in [0.3, 0.4) is 0 Å². The Hall–Kier alpha value is -1.84. The van der Waals surface area contributed by atoms with Crippen LogP contribution < -0.4 is 10.2 Å². The Morgan fingerprint density at radius 2 is 2.27 bits per heavy atom. The number of aryl methyl sites for hydroxylation is 1. The smallest absolute Gasteiger partial charge is 0.131 e. The van der Waals surface area contributed by atoms with Crippen molar-refractivity contribution >= 4 is 11.9 Å². The molecule has 4 heteroatoms. The number of rotatable bonds is 4. The van der Waals surface area contributed by atoms with E-state index in [9.17, 15) is 0 Å². The quantitative estimate of drug-likeness (QED) is 0.579. The molecule has 0 radical (unpaired) electrons. The number of nitrogens with zero attached hydrogens (tertiary/aromatic N) is 1. The van der Waals surface area contributed by atoms with E-state index in [-0.39, 0.29) is 0 Å². The van der Waals surface area contributed by atoms with Crippen molar-refractivity contribution < 1.29 is 4.74 Å². The van der Waals surface area contributed by atoms with Crippen molar-refractivity contribution in [2.75, 3.05) is 14.2 Å². The SMILES string of the molecule is CN/N=C\C(=N)c1cccc(C)c1OC. The van der Waals surface area contributed by atoms with E-state index in [2.05, 4.69) is 10.5 Å². The summed E-state index contributed by atoms with van der Waals surface area (Å²) in [4.78, 5) is 0. The van der Waals surface area contributed by atoms with Crippen LogP contribution in [-0.2, 0) is 0 Å². The average Bonchev–Trinajstić information content (AvgIpc) is 2.25. The highest BCUT2D eigenvalue weighted by molar-refractivity contribution is 6.37. The Balaban J connectivity index is 3.08. The number of methoxy groups -OCH3 is 1. The third kappa shape index (κ3) is 2.56. The molecule has 4 nitrogen and oxygen atoms in total. The summed E-state index contributed by atoms with van der Waals surface area (Å²) < 4.78 is 5.25. The number of para-hydroxylation sites is 1. The minimum Gasteiger partial charge on any atom is -0.496 e. The van der Waals surface area contributed by atoms with Gasteiger partial charge in [0, 0.05) is 12.6 Å². The molecule has 0 fully saturated rings. The molecule has 0 aromatic heterocycles. The Labute approximate surface area is 89.5 Å². The van der Waals surface area contributed by atoms with E-state index >= 15 is 0 Å². The fraction of sp³-hybridized carbons (Fsp3) is 0.273. The van der Waals surface area contributed by atoms with Crippen molar-refractivity contribution in [2.24, 2.45) is 5.10 Å². The minimum atomic E-state index is 0.324.